The molecule has 0 radical (unpaired) electrons. The molecule has 1 aliphatic rings. The van der Waals surface area contributed by atoms with Gasteiger partial charge in [0.2, 0.25) is 0 Å². The number of nitrogens with two attached hydrogens (primary N) is 2. The minimum Gasteiger partial charge on any atom is -0.339 e. The van der Waals surface area contributed by atoms with Crippen LogP contribution in [0.5, 0.6) is 0 Å². The van der Waals surface area contributed by atoms with Crippen LogP contribution in [0.2, 0.25) is 0 Å². The molecule has 0 bridgehead atoms. The smallest absolute Gasteiger partial charge is 0.339 e. The van der Waals surface area contributed by atoms with Crippen molar-refractivity contribution >= 4 is 5.97 Å². The molecule has 0 aliphatic heterocycles. The lowest BCUT2D eigenvalue weighted by molar-refractivity contribution is 0.0776. The van der Waals surface area contributed by atoms with E-state index in [9.17, 15) is 4.79 Å². The monoisotopic (exact) mass is 215 g/mol. The Morgan fingerprint density at radius 2 is 1.80 bits per heavy atom. The first-order chi connectivity index (χ1) is 6.65. The average molecular weight is 215 g/mol. The average Bonchev–Trinajstić information content (AvgIpc) is 2.80. The number of hydrogen-bond donors (Lipinski definition) is 2. The van der Waals surface area contributed by atoms with Crippen molar-refractivity contribution < 1.29 is 9.53 Å². The second-order valence-corrected chi connectivity index (χ2v) is 5.72. The Morgan fingerprint density at radius 1 is 1.33 bits per heavy atom. The molecule has 0 heterocycles. The lowest BCUT2D eigenvalue weighted by Crippen LogP contribution is -2.56. The van der Waals surface area contributed by atoms with Crippen LogP contribution in [-0.2, 0) is 4.74 Å². The molecule has 1 unspecified atom stereocenters. The standard InChI is InChI=1S/C11H22N2O2/c1-9(2,3)15-8(14)11(5-6-11)10(4,13)7-12/h5-7,12-13H2,1-4H3/p+1. The Balaban J connectivity index is 2.76. The van der Waals surface area contributed by atoms with E-state index < -0.39 is 16.6 Å². The second kappa shape index (κ2) is 3.46. The zero-order valence-corrected chi connectivity index (χ0v) is 10.1. The van der Waals surface area contributed by atoms with E-state index in [1.807, 2.05) is 27.7 Å². The highest BCUT2D eigenvalue weighted by Crippen LogP contribution is 2.54. The predicted molar refractivity (Wildman–Crippen MR) is 61.1 cm³/mol. The van der Waals surface area contributed by atoms with Gasteiger partial charge in [-0.1, -0.05) is 0 Å². The van der Waals surface area contributed by atoms with Crippen molar-refractivity contribution in [1.29, 1.82) is 0 Å². The Hall–Kier alpha value is -0.610. The van der Waals surface area contributed by atoms with Crippen molar-refractivity contribution in [2.24, 2.45) is 16.9 Å². The van der Waals surface area contributed by atoms with Crippen LogP contribution in [0.25, 0.3) is 0 Å². The molecule has 1 saturated carbocycles. The summed E-state index contributed by atoms with van der Waals surface area (Å²) in [6.07, 6.45) is 1.69. The second-order valence-electron chi connectivity index (χ2n) is 5.72. The molecule has 4 heteroatoms. The van der Waals surface area contributed by atoms with Crippen LogP contribution >= 0.6 is 0 Å². The van der Waals surface area contributed by atoms with Gasteiger partial charge in [-0.05, 0) is 19.8 Å². The molecule has 0 amide bonds. The van der Waals surface area contributed by atoms with E-state index in [2.05, 4.69) is 0 Å². The number of ether oxygens (including phenoxy) is 1. The minimum atomic E-state index is -0.595. The molecule has 4 nitrogen and oxygen atoms in total. The Labute approximate surface area is 91.3 Å². The van der Waals surface area contributed by atoms with E-state index in [1.165, 1.54) is 0 Å². The van der Waals surface area contributed by atoms with Crippen molar-refractivity contribution in [3.8, 4) is 0 Å². The van der Waals surface area contributed by atoms with E-state index in [0.29, 0.717) is 6.54 Å². The van der Waals surface area contributed by atoms with Crippen molar-refractivity contribution in [2.45, 2.75) is 51.7 Å². The molecule has 0 aromatic heterocycles. The summed E-state index contributed by atoms with van der Waals surface area (Å²) in [7, 11) is 0. The molecule has 15 heavy (non-hydrogen) atoms. The summed E-state index contributed by atoms with van der Waals surface area (Å²) in [4.78, 5) is 10.0. The maximum absolute atomic E-state index is 10.0. The summed E-state index contributed by atoms with van der Waals surface area (Å²) in [5.74, 6) is 0.0467. The number of rotatable bonds is 3. The van der Waals surface area contributed by atoms with Crippen molar-refractivity contribution in [2.75, 3.05) is 6.54 Å². The van der Waals surface area contributed by atoms with Gasteiger partial charge in [-0.15, -0.1) is 0 Å². The van der Waals surface area contributed by atoms with E-state index in [0.717, 1.165) is 12.8 Å². The zero-order valence-electron chi connectivity index (χ0n) is 10.1. The molecule has 88 valence electrons. The topological polar surface area (TPSA) is 82.7 Å². The predicted octanol–water partition coefficient (Wildman–Crippen LogP) is 0.760. The third kappa shape index (κ3) is 2.32. The quantitative estimate of drug-likeness (QED) is 0.538. The van der Waals surface area contributed by atoms with Crippen LogP contribution in [-0.4, -0.2) is 28.4 Å². The SMILES string of the molecule is CC(C)(C)OC(=[OH+])C1(C(C)(N)CN)CC1. The van der Waals surface area contributed by atoms with Gasteiger partial charge >= 0.3 is 5.97 Å². The van der Waals surface area contributed by atoms with Crippen LogP contribution in [0.4, 0.5) is 0 Å². The normalized spacial score (nSPS) is 23.1. The fourth-order valence-corrected chi connectivity index (χ4v) is 1.74. The summed E-state index contributed by atoms with van der Waals surface area (Å²) < 4.78 is 5.49. The zero-order chi connectivity index (χ0) is 11.9. The van der Waals surface area contributed by atoms with Crippen LogP contribution in [0.3, 0.4) is 0 Å². The van der Waals surface area contributed by atoms with Crippen LogP contribution in [0, 0.1) is 5.41 Å². The van der Waals surface area contributed by atoms with Crippen LogP contribution < -0.4 is 11.5 Å². The Morgan fingerprint density at radius 3 is 2.07 bits per heavy atom. The minimum absolute atomic E-state index is 0.0467. The largest absolute Gasteiger partial charge is 0.491 e. The van der Waals surface area contributed by atoms with E-state index in [1.54, 1.807) is 0 Å². The highest BCUT2D eigenvalue weighted by molar-refractivity contribution is 5.83. The lowest BCUT2D eigenvalue weighted by Gasteiger charge is -2.29. The molecule has 0 aromatic carbocycles. The van der Waals surface area contributed by atoms with Crippen LogP contribution in [0.15, 0.2) is 0 Å². The van der Waals surface area contributed by atoms with E-state index in [4.69, 9.17) is 16.2 Å². The highest BCUT2D eigenvalue weighted by Gasteiger charge is 2.66. The molecular weight excluding hydrogens is 192 g/mol. The molecule has 1 fully saturated rings. The van der Waals surface area contributed by atoms with Crippen molar-refractivity contribution in [1.82, 2.24) is 0 Å². The number of esters is 1. The molecule has 1 atom stereocenters. The molecular formula is C11H23N2O2+. The van der Waals surface area contributed by atoms with Gasteiger partial charge in [0, 0.05) is 32.9 Å². The molecule has 0 saturated heterocycles. The molecule has 0 spiro atoms. The van der Waals surface area contributed by atoms with Crippen molar-refractivity contribution in [3.63, 3.8) is 0 Å². The summed E-state index contributed by atoms with van der Waals surface area (Å²) in [6.45, 7) is 7.90. The van der Waals surface area contributed by atoms with Gasteiger partial charge in [-0.3, -0.25) is 0 Å². The summed E-state index contributed by atoms with van der Waals surface area (Å²) in [6, 6.07) is 0. The maximum atomic E-state index is 10.0. The first-order valence-corrected chi connectivity index (χ1v) is 5.39. The summed E-state index contributed by atoms with van der Waals surface area (Å²) in [5, 5.41) is 0. The van der Waals surface area contributed by atoms with Gasteiger partial charge in [0.15, 0.2) is 5.60 Å². The van der Waals surface area contributed by atoms with Gasteiger partial charge in [-0.2, -0.15) is 0 Å². The van der Waals surface area contributed by atoms with Gasteiger partial charge in [-0.25, -0.2) is 0 Å². The Kier molecular flexibility index (Phi) is 2.87. The lowest BCUT2D eigenvalue weighted by atomic mass is 9.83. The van der Waals surface area contributed by atoms with Gasteiger partial charge < -0.3 is 21.0 Å². The first kappa shape index (κ1) is 12.5. The third-order valence-corrected chi connectivity index (χ3v) is 3.08. The fourth-order valence-electron chi connectivity index (χ4n) is 1.74. The van der Waals surface area contributed by atoms with Crippen LogP contribution in [0.1, 0.15) is 40.5 Å². The van der Waals surface area contributed by atoms with Crippen molar-refractivity contribution in [3.05, 3.63) is 0 Å². The summed E-state index contributed by atoms with van der Waals surface area (Å²) >= 11 is 0. The molecule has 1 rings (SSSR count). The summed E-state index contributed by atoms with van der Waals surface area (Å²) in [5.41, 5.74) is 10.3. The molecule has 5 N–H and O–H groups in total. The highest BCUT2D eigenvalue weighted by atomic mass is 16.6. The molecule has 0 aromatic rings. The van der Waals surface area contributed by atoms with Gasteiger partial charge in [0.25, 0.3) is 0 Å². The first-order valence-electron chi connectivity index (χ1n) is 5.39. The van der Waals surface area contributed by atoms with Gasteiger partial charge in [0.1, 0.15) is 5.41 Å². The number of carbonyl (C=O) groups excluding carboxylic acids is 1. The van der Waals surface area contributed by atoms with E-state index in [-0.39, 0.29) is 5.97 Å². The van der Waals surface area contributed by atoms with E-state index >= 15 is 0 Å². The maximum Gasteiger partial charge on any atom is 0.491 e. The Bertz CT molecular complexity index is 262. The molecule has 1 aliphatic carbocycles. The van der Waals surface area contributed by atoms with Gasteiger partial charge in [0.05, 0.1) is 0 Å². The number of hydrogen-bond acceptors (Lipinski definition) is 3. The fraction of sp³-hybridized carbons (Fsp3) is 0.909. The third-order valence-electron chi connectivity index (χ3n) is 3.08.